The molecule has 6 heteroatoms. The van der Waals surface area contributed by atoms with Crippen LogP contribution >= 0.6 is 11.6 Å². The quantitative estimate of drug-likeness (QED) is 0.805. The number of amides is 1. The van der Waals surface area contributed by atoms with Crippen LogP contribution in [0, 0.1) is 11.7 Å². The third-order valence-electron chi connectivity index (χ3n) is 3.77. The minimum absolute atomic E-state index is 0.0611. The normalized spacial score (nSPS) is 15.9. The molecule has 1 aromatic carbocycles. The fourth-order valence-electron chi connectivity index (χ4n) is 2.50. The highest BCUT2D eigenvalue weighted by molar-refractivity contribution is 6.31. The second-order valence-corrected chi connectivity index (χ2v) is 5.46. The van der Waals surface area contributed by atoms with Crippen molar-refractivity contribution in [2.75, 3.05) is 20.2 Å². The maximum Gasteiger partial charge on any atom is 0.308 e. The van der Waals surface area contributed by atoms with E-state index in [0.717, 1.165) is 0 Å². The zero-order valence-electron chi connectivity index (χ0n) is 11.8. The molecule has 0 unspecified atom stereocenters. The summed E-state index contributed by atoms with van der Waals surface area (Å²) in [6.07, 6.45) is 1.08. The molecule has 1 aromatic rings. The summed E-state index contributed by atoms with van der Waals surface area (Å²) in [5, 5.41) is 0.257. The second-order valence-electron chi connectivity index (χ2n) is 5.06. The predicted molar refractivity (Wildman–Crippen MR) is 76.4 cm³/mol. The fraction of sp³-hybridized carbons (Fsp3) is 0.467. The van der Waals surface area contributed by atoms with Crippen LogP contribution in [0.5, 0.6) is 0 Å². The number of carbonyl (C=O) groups excluding carboxylic acids is 2. The van der Waals surface area contributed by atoms with Crippen LogP contribution in [-0.2, 0) is 20.7 Å². The summed E-state index contributed by atoms with van der Waals surface area (Å²) >= 11 is 5.92. The zero-order chi connectivity index (χ0) is 15.4. The topological polar surface area (TPSA) is 46.6 Å². The standard InChI is InChI=1S/C15H17ClFNO3/c1-21-15(20)10-5-7-18(8-6-10)14(19)9-11-12(16)3-2-4-13(11)17/h2-4,10H,5-9H2,1H3. The van der Waals surface area contributed by atoms with Crippen LogP contribution in [0.2, 0.25) is 5.02 Å². The Morgan fingerprint density at radius 2 is 2.05 bits per heavy atom. The van der Waals surface area contributed by atoms with Gasteiger partial charge in [0.15, 0.2) is 0 Å². The molecule has 0 aliphatic carbocycles. The Kier molecular flexibility index (Phi) is 5.17. The van der Waals surface area contributed by atoms with E-state index in [-0.39, 0.29) is 34.8 Å². The van der Waals surface area contributed by atoms with Gasteiger partial charge in [-0.2, -0.15) is 0 Å². The van der Waals surface area contributed by atoms with Gasteiger partial charge in [-0.3, -0.25) is 9.59 Å². The van der Waals surface area contributed by atoms with Crippen molar-refractivity contribution in [3.05, 3.63) is 34.6 Å². The Balaban J connectivity index is 1.95. The number of nitrogens with zero attached hydrogens (tertiary/aromatic N) is 1. The van der Waals surface area contributed by atoms with E-state index < -0.39 is 5.82 Å². The molecule has 0 N–H and O–H groups in total. The van der Waals surface area contributed by atoms with Crippen molar-refractivity contribution in [3.8, 4) is 0 Å². The summed E-state index contributed by atoms with van der Waals surface area (Å²) in [4.78, 5) is 25.3. The van der Waals surface area contributed by atoms with E-state index in [0.29, 0.717) is 25.9 Å². The van der Waals surface area contributed by atoms with E-state index in [1.807, 2.05) is 0 Å². The van der Waals surface area contributed by atoms with Gasteiger partial charge in [-0.15, -0.1) is 0 Å². The summed E-state index contributed by atoms with van der Waals surface area (Å²) in [5.74, 6) is -1.04. The number of ether oxygens (including phenoxy) is 1. The number of methoxy groups -OCH3 is 1. The Bertz CT molecular complexity index is 521. The zero-order valence-corrected chi connectivity index (χ0v) is 12.5. The lowest BCUT2D eigenvalue weighted by atomic mass is 9.96. The summed E-state index contributed by atoms with van der Waals surface area (Å²) in [6.45, 7) is 0.954. The first kappa shape index (κ1) is 15.8. The number of carbonyl (C=O) groups is 2. The number of piperidine rings is 1. The molecule has 114 valence electrons. The number of hydrogen-bond donors (Lipinski definition) is 0. The van der Waals surface area contributed by atoms with Gasteiger partial charge in [0.05, 0.1) is 19.4 Å². The molecule has 0 aromatic heterocycles. The first-order chi connectivity index (χ1) is 10.0. The molecule has 1 aliphatic rings. The van der Waals surface area contributed by atoms with Gasteiger partial charge in [0, 0.05) is 23.7 Å². The number of esters is 1. The van der Waals surface area contributed by atoms with Crippen LogP contribution in [-0.4, -0.2) is 37.0 Å². The van der Waals surface area contributed by atoms with Gasteiger partial charge < -0.3 is 9.64 Å². The molecule has 2 rings (SSSR count). The second kappa shape index (κ2) is 6.89. The minimum atomic E-state index is -0.472. The smallest absolute Gasteiger partial charge is 0.308 e. The van der Waals surface area contributed by atoms with Gasteiger partial charge in [-0.25, -0.2) is 4.39 Å². The van der Waals surface area contributed by atoms with Crippen LogP contribution in [0.4, 0.5) is 4.39 Å². The van der Waals surface area contributed by atoms with Crippen molar-refractivity contribution < 1.29 is 18.7 Å². The van der Waals surface area contributed by atoms with Gasteiger partial charge in [-0.05, 0) is 25.0 Å². The Morgan fingerprint density at radius 3 is 2.62 bits per heavy atom. The summed E-state index contributed by atoms with van der Waals surface area (Å²) in [6, 6.07) is 4.36. The van der Waals surface area contributed by atoms with Crippen molar-refractivity contribution in [3.63, 3.8) is 0 Å². The van der Waals surface area contributed by atoms with Gasteiger partial charge in [-0.1, -0.05) is 17.7 Å². The maximum atomic E-state index is 13.7. The first-order valence-corrected chi connectivity index (χ1v) is 7.19. The lowest BCUT2D eigenvalue weighted by Gasteiger charge is -2.30. The average Bonchev–Trinajstić information content (AvgIpc) is 2.50. The molecule has 1 heterocycles. The van der Waals surface area contributed by atoms with Crippen molar-refractivity contribution in [2.45, 2.75) is 19.3 Å². The summed E-state index contributed by atoms with van der Waals surface area (Å²) in [5.41, 5.74) is 0.222. The first-order valence-electron chi connectivity index (χ1n) is 6.81. The summed E-state index contributed by atoms with van der Waals surface area (Å²) < 4.78 is 18.4. The Morgan fingerprint density at radius 1 is 1.38 bits per heavy atom. The van der Waals surface area contributed by atoms with Gasteiger partial charge in [0.25, 0.3) is 0 Å². The predicted octanol–water partition coefficient (Wildman–Crippen LogP) is 2.43. The number of benzene rings is 1. The minimum Gasteiger partial charge on any atom is -0.469 e. The third-order valence-corrected chi connectivity index (χ3v) is 4.13. The number of halogens is 2. The SMILES string of the molecule is COC(=O)C1CCN(C(=O)Cc2c(F)cccc2Cl)CC1. The highest BCUT2D eigenvalue weighted by atomic mass is 35.5. The van der Waals surface area contributed by atoms with Gasteiger partial charge >= 0.3 is 5.97 Å². The van der Waals surface area contributed by atoms with Crippen molar-refractivity contribution in [1.82, 2.24) is 4.90 Å². The molecule has 0 radical (unpaired) electrons. The highest BCUT2D eigenvalue weighted by Crippen LogP contribution is 2.22. The van der Waals surface area contributed by atoms with Crippen molar-refractivity contribution in [1.29, 1.82) is 0 Å². The van der Waals surface area contributed by atoms with Crippen LogP contribution in [0.3, 0.4) is 0 Å². The fourth-order valence-corrected chi connectivity index (χ4v) is 2.73. The van der Waals surface area contributed by atoms with E-state index in [1.165, 1.54) is 19.2 Å². The monoisotopic (exact) mass is 313 g/mol. The molecular formula is C15H17ClFNO3. The van der Waals surface area contributed by atoms with E-state index in [1.54, 1.807) is 11.0 Å². The summed E-state index contributed by atoms with van der Waals surface area (Å²) in [7, 11) is 1.36. The average molecular weight is 314 g/mol. The van der Waals surface area contributed by atoms with E-state index >= 15 is 0 Å². The molecule has 0 bridgehead atoms. The van der Waals surface area contributed by atoms with Crippen LogP contribution in [0.1, 0.15) is 18.4 Å². The number of rotatable bonds is 3. The number of likely N-dealkylation sites (tertiary alicyclic amines) is 1. The van der Waals surface area contributed by atoms with E-state index in [4.69, 9.17) is 16.3 Å². The molecular weight excluding hydrogens is 297 g/mol. The molecule has 1 fully saturated rings. The molecule has 0 atom stereocenters. The highest BCUT2D eigenvalue weighted by Gasteiger charge is 2.28. The van der Waals surface area contributed by atoms with E-state index in [9.17, 15) is 14.0 Å². The molecule has 1 saturated heterocycles. The van der Waals surface area contributed by atoms with Gasteiger partial charge in [0.2, 0.25) is 5.91 Å². The lowest BCUT2D eigenvalue weighted by Crippen LogP contribution is -2.41. The van der Waals surface area contributed by atoms with E-state index in [2.05, 4.69) is 0 Å². The largest absolute Gasteiger partial charge is 0.469 e. The van der Waals surface area contributed by atoms with Gasteiger partial charge in [0.1, 0.15) is 5.82 Å². The molecule has 1 amide bonds. The van der Waals surface area contributed by atoms with Crippen LogP contribution in [0.25, 0.3) is 0 Å². The van der Waals surface area contributed by atoms with Crippen molar-refractivity contribution in [2.24, 2.45) is 5.92 Å². The molecule has 0 saturated carbocycles. The molecule has 0 spiro atoms. The van der Waals surface area contributed by atoms with Crippen molar-refractivity contribution >= 4 is 23.5 Å². The molecule has 4 nitrogen and oxygen atoms in total. The maximum absolute atomic E-state index is 13.7. The third kappa shape index (κ3) is 3.73. The Hall–Kier alpha value is -1.62. The lowest BCUT2D eigenvalue weighted by molar-refractivity contribution is -0.148. The van der Waals surface area contributed by atoms with Crippen LogP contribution in [0.15, 0.2) is 18.2 Å². The van der Waals surface area contributed by atoms with Crippen LogP contribution < -0.4 is 0 Å². The molecule has 21 heavy (non-hydrogen) atoms. The number of hydrogen-bond acceptors (Lipinski definition) is 3. The Labute approximate surface area is 127 Å². The molecule has 1 aliphatic heterocycles.